The molecule has 2 N–H and O–H groups in total. The van der Waals surface area contributed by atoms with Gasteiger partial charge in [0.25, 0.3) is 0 Å². The van der Waals surface area contributed by atoms with Crippen molar-refractivity contribution in [3.05, 3.63) is 71.3 Å². The third-order valence-electron chi connectivity index (χ3n) is 5.06. The number of amides is 1. The van der Waals surface area contributed by atoms with Crippen LogP contribution >= 0.6 is 0 Å². The lowest BCUT2D eigenvalue weighted by atomic mass is 9.85. The number of nitrogens with one attached hydrogen (secondary N) is 2. The summed E-state index contributed by atoms with van der Waals surface area (Å²) in [4.78, 5) is 12.5. The number of rotatable bonds is 5. The highest BCUT2D eigenvalue weighted by Crippen LogP contribution is 2.27. The second-order valence-corrected chi connectivity index (χ2v) is 6.96. The van der Waals surface area contributed by atoms with Crippen molar-refractivity contribution in [1.29, 1.82) is 0 Å². The van der Waals surface area contributed by atoms with Gasteiger partial charge in [-0.25, -0.2) is 8.78 Å². The van der Waals surface area contributed by atoms with Gasteiger partial charge in [-0.1, -0.05) is 43.3 Å². The highest BCUT2D eigenvalue weighted by molar-refractivity contribution is 5.77. The van der Waals surface area contributed by atoms with Crippen molar-refractivity contribution in [3.63, 3.8) is 0 Å². The fraction of sp³-hybridized carbons (Fsp3) is 0.381. The van der Waals surface area contributed by atoms with Crippen LogP contribution in [0.1, 0.15) is 42.7 Å². The second-order valence-electron chi connectivity index (χ2n) is 6.96. The quantitative estimate of drug-likeness (QED) is 0.855. The minimum Gasteiger partial charge on any atom is -0.351 e. The van der Waals surface area contributed by atoms with Crippen molar-refractivity contribution >= 4 is 5.91 Å². The summed E-state index contributed by atoms with van der Waals surface area (Å²) in [5.74, 6) is -1.62. The maximum Gasteiger partial charge on any atom is 0.220 e. The molecule has 1 saturated heterocycles. The number of benzene rings is 2. The van der Waals surface area contributed by atoms with Crippen LogP contribution in [0.3, 0.4) is 0 Å². The number of piperidine rings is 1. The van der Waals surface area contributed by atoms with Crippen LogP contribution in [0.25, 0.3) is 0 Å². The lowest BCUT2D eigenvalue weighted by molar-refractivity contribution is -0.122. The van der Waals surface area contributed by atoms with Gasteiger partial charge in [0.2, 0.25) is 5.91 Å². The van der Waals surface area contributed by atoms with Crippen molar-refractivity contribution in [2.75, 3.05) is 13.1 Å². The second kappa shape index (κ2) is 8.41. The number of halogens is 2. The molecule has 0 aromatic heterocycles. The summed E-state index contributed by atoms with van der Waals surface area (Å²) in [5.41, 5.74) is 1.85. The molecule has 3 rings (SSSR count). The normalized spacial score (nSPS) is 21.2. The first-order valence-electron chi connectivity index (χ1n) is 9.04. The predicted octanol–water partition coefficient (Wildman–Crippen LogP) is 3.72. The van der Waals surface area contributed by atoms with E-state index in [1.807, 2.05) is 37.3 Å². The molecule has 0 spiro atoms. The van der Waals surface area contributed by atoms with Gasteiger partial charge in [-0.05, 0) is 42.1 Å². The minimum absolute atomic E-state index is 0.0253. The zero-order valence-corrected chi connectivity index (χ0v) is 14.8. The summed E-state index contributed by atoms with van der Waals surface area (Å²) in [5, 5.41) is 6.35. The van der Waals surface area contributed by atoms with Gasteiger partial charge in [-0.2, -0.15) is 0 Å². The monoisotopic (exact) mass is 358 g/mol. The molecule has 3 nitrogen and oxygen atoms in total. The van der Waals surface area contributed by atoms with Crippen LogP contribution in [-0.4, -0.2) is 25.0 Å². The maximum atomic E-state index is 13.6. The van der Waals surface area contributed by atoms with Crippen LogP contribution in [0, 0.1) is 11.6 Å². The number of hydrogen-bond acceptors (Lipinski definition) is 2. The van der Waals surface area contributed by atoms with E-state index in [2.05, 4.69) is 10.6 Å². The fourth-order valence-electron chi connectivity index (χ4n) is 3.60. The molecule has 1 heterocycles. The Morgan fingerprint density at radius 1 is 1.19 bits per heavy atom. The highest BCUT2D eigenvalue weighted by atomic mass is 19.2. The molecule has 1 amide bonds. The molecule has 5 heteroatoms. The SMILES string of the molecule is CC(CC(=O)NC1CNCCC1c1ccc(F)c(F)c1)c1ccccc1. The van der Waals surface area contributed by atoms with E-state index in [0.717, 1.165) is 30.2 Å². The van der Waals surface area contributed by atoms with E-state index in [4.69, 9.17) is 0 Å². The Labute approximate surface area is 152 Å². The van der Waals surface area contributed by atoms with Crippen LogP contribution in [0.5, 0.6) is 0 Å². The molecule has 1 aliphatic rings. The molecule has 3 unspecified atom stereocenters. The maximum absolute atomic E-state index is 13.6. The molecule has 2 aromatic carbocycles. The summed E-state index contributed by atoms with van der Waals surface area (Å²) in [6.07, 6.45) is 1.16. The van der Waals surface area contributed by atoms with E-state index >= 15 is 0 Å². The summed E-state index contributed by atoms with van der Waals surface area (Å²) >= 11 is 0. The molecule has 0 aliphatic carbocycles. The summed E-state index contributed by atoms with van der Waals surface area (Å²) in [6.45, 7) is 3.44. The molecular formula is C21H24F2N2O. The van der Waals surface area contributed by atoms with Gasteiger partial charge in [0, 0.05) is 24.9 Å². The molecular weight excluding hydrogens is 334 g/mol. The van der Waals surface area contributed by atoms with E-state index in [-0.39, 0.29) is 23.8 Å². The van der Waals surface area contributed by atoms with E-state index < -0.39 is 11.6 Å². The van der Waals surface area contributed by atoms with Gasteiger partial charge in [-0.3, -0.25) is 4.79 Å². The Morgan fingerprint density at radius 3 is 2.69 bits per heavy atom. The molecule has 1 fully saturated rings. The molecule has 0 saturated carbocycles. The predicted molar refractivity (Wildman–Crippen MR) is 98.0 cm³/mol. The molecule has 1 aliphatic heterocycles. The topological polar surface area (TPSA) is 41.1 Å². The smallest absolute Gasteiger partial charge is 0.220 e. The zero-order valence-electron chi connectivity index (χ0n) is 14.8. The third-order valence-corrected chi connectivity index (χ3v) is 5.06. The Balaban J connectivity index is 1.66. The summed E-state index contributed by atoms with van der Waals surface area (Å²) < 4.78 is 26.8. The average molecular weight is 358 g/mol. The molecule has 0 bridgehead atoms. The standard InChI is InChI=1S/C21H24F2N2O/c1-14(15-5-3-2-4-6-15)11-21(26)25-20-13-24-10-9-17(20)16-7-8-18(22)19(23)12-16/h2-8,12,14,17,20,24H,9-11,13H2,1H3,(H,25,26). The van der Waals surface area contributed by atoms with E-state index in [0.29, 0.717) is 13.0 Å². The van der Waals surface area contributed by atoms with E-state index in [1.54, 1.807) is 6.07 Å². The van der Waals surface area contributed by atoms with Crippen LogP contribution < -0.4 is 10.6 Å². The van der Waals surface area contributed by atoms with Crippen LogP contribution in [0.4, 0.5) is 8.78 Å². The number of hydrogen-bond donors (Lipinski definition) is 2. The van der Waals surface area contributed by atoms with Gasteiger partial charge >= 0.3 is 0 Å². The average Bonchev–Trinajstić information content (AvgIpc) is 2.65. The van der Waals surface area contributed by atoms with Gasteiger partial charge in [0.05, 0.1) is 0 Å². The van der Waals surface area contributed by atoms with Crippen LogP contribution in [-0.2, 0) is 4.79 Å². The van der Waals surface area contributed by atoms with Crippen molar-refractivity contribution in [2.24, 2.45) is 0 Å². The molecule has 2 aromatic rings. The van der Waals surface area contributed by atoms with Crippen molar-refractivity contribution < 1.29 is 13.6 Å². The lowest BCUT2D eigenvalue weighted by Crippen LogP contribution is -2.50. The first kappa shape index (κ1) is 18.5. The van der Waals surface area contributed by atoms with Crippen LogP contribution in [0.2, 0.25) is 0 Å². The molecule has 26 heavy (non-hydrogen) atoms. The first-order chi connectivity index (χ1) is 12.5. The minimum atomic E-state index is -0.847. The van der Waals surface area contributed by atoms with Crippen molar-refractivity contribution in [2.45, 2.75) is 37.6 Å². The fourth-order valence-corrected chi connectivity index (χ4v) is 3.60. The number of carbonyl (C=O) groups excluding carboxylic acids is 1. The van der Waals surface area contributed by atoms with E-state index in [1.165, 1.54) is 6.07 Å². The van der Waals surface area contributed by atoms with Gasteiger partial charge in [-0.15, -0.1) is 0 Å². The largest absolute Gasteiger partial charge is 0.351 e. The summed E-state index contributed by atoms with van der Waals surface area (Å²) in [7, 11) is 0. The molecule has 3 atom stereocenters. The Morgan fingerprint density at radius 2 is 1.96 bits per heavy atom. The first-order valence-corrected chi connectivity index (χ1v) is 9.04. The van der Waals surface area contributed by atoms with Gasteiger partial charge in [0.15, 0.2) is 11.6 Å². The Kier molecular flexibility index (Phi) is 5.99. The molecule has 0 radical (unpaired) electrons. The summed E-state index contributed by atoms with van der Waals surface area (Å²) in [6, 6.07) is 13.8. The molecule has 138 valence electrons. The number of carbonyl (C=O) groups is 1. The van der Waals surface area contributed by atoms with Crippen molar-refractivity contribution in [3.8, 4) is 0 Å². The van der Waals surface area contributed by atoms with Crippen molar-refractivity contribution in [1.82, 2.24) is 10.6 Å². The van der Waals surface area contributed by atoms with Crippen LogP contribution in [0.15, 0.2) is 48.5 Å². The highest BCUT2D eigenvalue weighted by Gasteiger charge is 2.28. The van der Waals surface area contributed by atoms with E-state index in [9.17, 15) is 13.6 Å². The Bertz CT molecular complexity index is 751. The lowest BCUT2D eigenvalue weighted by Gasteiger charge is -2.33. The zero-order chi connectivity index (χ0) is 18.5. The van der Waals surface area contributed by atoms with Gasteiger partial charge in [0.1, 0.15) is 0 Å². The van der Waals surface area contributed by atoms with Gasteiger partial charge < -0.3 is 10.6 Å². The third kappa shape index (κ3) is 4.47. The Hall–Kier alpha value is -2.27.